The number of aliphatic carboxylic acids is 1. The molecule has 1 aliphatic carbocycles. The summed E-state index contributed by atoms with van der Waals surface area (Å²) < 4.78 is 0. The first-order valence-corrected chi connectivity index (χ1v) is 6.73. The zero-order chi connectivity index (χ0) is 13.0. The lowest BCUT2D eigenvalue weighted by Gasteiger charge is -2.27. The molecule has 0 heterocycles. The Kier molecular flexibility index (Phi) is 4.61. The van der Waals surface area contributed by atoms with Gasteiger partial charge in [-0.2, -0.15) is 0 Å². The van der Waals surface area contributed by atoms with E-state index in [-0.39, 0.29) is 5.92 Å². The zero-order valence-electron chi connectivity index (χ0n) is 10.2. The van der Waals surface area contributed by atoms with Gasteiger partial charge in [-0.1, -0.05) is 23.7 Å². The molecule has 0 bridgehead atoms. The monoisotopic (exact) mass is 267 g/mol. The van der Waals surface area contributed by atoms with E-state index in [0.717, 1.165) is 37.3 Å². The topological polar surface area (TPSA) is 49.3 Å². The molecule has 2 rings (SSSR count). The first-order chi connectivity index (χ1) is 8.65. The van der Waals surface area contributed by atoms with Crippen LogP contribution in [0.4, 0.5) is 0 Å². The van der Waals surface area contributed by atoms with Crippen LogP contribution in [-0.2, 0) is 11.3 Å². The van der Waals surface area contributed by atoms with E-state index in [1.54, 1.807) is 0 Å². The fourth-order valence-electron chi connectivity index (χ4n) is 2.45. The molecule has 0 radical (unpaired) electrons. The standard InChI is InChI=1S/C14H18ClNO2/c15-12-3-1-2-10(8-12)9-16-13-6-4-11(5-7-13)14(17)18/h1-3,8,11,13,16H,4-7,9H2,(H,17,18). The average molecular weight is 268 g/mol. The minimum absolute atomic E-state index is 0.144. The van der Waals surface area contributed by atoms with Crippen LogP contribution < -0.4 is 5.32 Å². The van der Waals surface area contributed by atoms with Gasteiger partial charge in [0.25, 0.3) is 0 Å². The van der Waals surface area contributed by atoms with E-state index in [1.165, 1.54) is 5.56 Å². The van der Waals surface area contributed by atoms with Crippen LogP contribution in [0.25, 0.3) is 0 Å². The van der Waals surface area contributed by atoms with E-state index < -0.39 is 5.97 Å². The fraction of sp³-hybridized carbons (Fsp3) is 0.500. The average Bonchev–Trinajstić information content (AvgIpc) is 2.37. The van der Waals surface area contributed by atoms with Crippen molar-refractivity contribution in [2.24, 2.45) is 5.92 Å². The van der Waals surface area contributed by atoms with Crippen molar-refractivity contribution in [1.29, 1.82) is 0 Å². The van der Waals surface area contributed by atoms with Gasteiger partial charge in [-0.3, -0.25) is 4.79 Å². The summed E-state index contributed by atoms with van der Waals surface area (Å²) >= 11 is 5.93. The second-order valence-corrected chi connectivity index (χ2v) is 5.33. The first-order valence-electron chi connectivity index (χ1n) is 6.36. The lowest BCUT2D eigenvalue weighted by atomic mass is 9.86. The van der Waals surface area contributed by atoms with E-state index in [2.05, 4.69) is 5.32 Å². The number of benzene rings is 1. The summed E-state index contributed by atoms with van der Waals surface area (Å²) in [5.41, 5.74) is 1.17. The predicted molar refractivity (Wildman–Crippen MR) is 71.7 cm³/mol. The Labute approximate surface area is 112 Å². The van der Waals surface area contributed by atoms with Crippen molar-refractivity contribution < 1.29 is 9.90 Å². The number of hydrogen-bond donors (Lipinski definition) is 2. The smallest absolute Gasteiger partial charge is 0.306 e. The summed E-state index contributed by atoms with van der Waals surface area (Å²) in [4.78, 5) is 10.8. The molecule has 4 heteroatoms. The van der Waals surface area contributed by atoms with Crippen LogP contribution in [0.5, 0.6) is 0 Å². The molecule has 2 N–H and O–H groups in total. The molecule has 1 aromatic rings. The highest BCUT2D eigenvalue weighted by Crippen LogP contribution is 2.24. The van der Waals surface area contributed by atoms with Gasteiger partial charge in [0.15, 0.2) is 0 Å². The van der Waals surface area contributed by atoms with Crippen LogP contribution in [0, 0.1) is 5.92 Å². The molecule has 1 saturated carbocycles. The van der Waals surface area contributed by atoms with Crippen molar-refractivity contribution in [3.63, 3.8) is 0 Å². The van der Waals surface area contributed by atoms with Gasteiger partial charge in [-0.15, -0.1) is 0 Å². The normalized spacial score (nSPS) is 23.8. The van der Waals surface area contributed by atoms with Gasteiger partial charge in [0.2, 0.25) is 0 Å². The highest BCUT2D eigenvalue weighted by atomic mass is 35.5. The summed E-state index contributed by atoms with van der Waals surface area (Å²) in [7, 11) is 0. The third-order valence-corrected chi connectivity index (χ3v) is 3.80. The number of nitrogens with one attached hydrogen (secondary N) is 1. The van der Waals surface area contributed by atoms with Crippen LogP contribution in [0.2, 0.25) is 5.02 Å². The van der Waals surface area contributed by atoms with Crippen molar-refractivity contribution in [3.8, 4) is 0 Å². The summed E-state index contributed by atoms with van der Waals surface area (Å²) in [6, 6.07) is 8.24. The van der Waals surface area contributed by atoms with Crippen LogP contribution in [0.15, 0.2) is 24.3 Å². The number of carbonyl (C=O) groups is 1. The van der Waals surface area contributed by atoms with E-state index in [1.807, 2.05) is 24.3 Å². The van der Waals surface area contributed by atoms with Gasteiger partial charge in [0.1, 0.15) is 0 Å². The Hall–Kier alpha value is -1.06. The highest BCUT2D eigenvalue weighted by Gasteiger charge is 2.25. The third kappa shape index (κ3) is 3.72. The zero-order valence-corrected chi connectivity index (χ0v) is 11.0. The maximum absolute atomic E-state index is 10.8. The molecule has 0 spiro atoms. The molecule has 1 fully saturated rings. The quantitative estimate of drug-likeness (QED) is 0.881. The number of hydrogen-bond acceptors (Lipinski definition) is 2. The highest BCUT2D eigenvalue weighted by molar-refractivity contribution is 6.30. The van der Waals surface area contributed by atoms with Gasteiger partial charge in [-0.05, 0) is 43.4 Å². The molecule has 0 aliphatic heterocycles. The number of halogens is 1. The van der Waals surface area contributed by atoms with Gasteiger partial charge >= 0.3 is 5.97 Å². The molecule has 0 aromatic heterocycles. The Morgan fingerprint density at radius 2 is 2.06 bits per heavy atom. The molecular formula is C14H18ClNO2. The summed E-state index contributed by atoms with van der Waals surface area (Å²) in [5.74, 6) is -0.794. The van der Waals surface area contributed by atoms with E-state index in [4.69, 9.17) is 16.7 Å². The second-order valence-electron chi connectivity index (χ2n) is 4.90. The Morgan fingerprint density at radius 3 is 2.67 bits per heavy atom. The fourth-order valence-corrected chi connectivity index (χ4v) is 2.67. The van der Waals surface area contributed by atoms with Crippen LogP contribution in [0.3, 0.4) is 0 Å². The van der Waals surface area contributed by atoms with Crippen molar-refractivity contribution in [2.75, 3.05) is 0 Å². The van der Waals surface area contributed by atoms with Crippen molar-refractivity contribution in [3.05, 3.63) is 34.9 Å². The van der Waals surface area contributed by atoms with Crippen LogP contribution in [-0.4, -0.2) is 17.1 Å². The molecule has 0 unspecified atom stereocenters. The molecule has 0 atom stereocenters. The molecule has 1 aliphatic rings. The van der Waals surface area contributed by atoms with Gasteiger partial charge < -0.3 is 10.4 Å². The minimum atomic E-state index is -0.650. The molecular weight excluding hydrogens is 250 g/mol. The number of carboxylic acids is 1. The second kappa shape index (κ2) is 6.21. The summed E-state index contributed by atoms with van der Waals surface area (Å²) in [6.45, 7) is 0.795. The maximum atomic E-state index is 10.8. The molecule has 1 aromatic carbocycles. The molecule has 3 nitrogen and oxygen atoms in total. The molecule has 18 heavy (non-hydrogen) atoms. The van der Waals surface area contributed by atoms with Gasteiger partial charge in [0.05, 0.1) is 5.92 Å². The lowest BCUT2D eigenvalue weighted by molar-refractivity contribution is -0.142. The Balaban J connectivity index is 1.77. The molecule has 98 valence electrons. The number of rotatable bonds is 4. The first kappa shape index (κ1) is 13.4. The van der Waals surface area contributed by atoms with Crippen molar-refractivity contribution in [2.45, 2.75) is 38.3 Å². The van der Waals surface area contributed by atoms with E-state index in [9.17, 15) is 4.79 Å². The summed E-state index contributed by atoms with van der Waals surface area (Å²) in [6.07, 6.45) is 3.44. The van der Waals surface area contributed by atoms with Gasteiger partial charge in [0, 0.05) is 17.6 Å². The Morgan fingerprint density at radius 1 is 1.33 bits per heavy atom. The van der Waals surface area contributed by atoms with E-state index in [0.29, 0.717) is 6.04 Å². The third-order valence-electron chi connectivity index (χ3n) is 3.56. The largest absolute Gasteiger partial charge is 0.481 e. The SMILES string of the molecule is O=C(O)C1CCC(NCc2cccc(Cl)c2)CC1. The molecule has 0 saturated heterocycles. The minimum Gasteiger partial charge on any atom is -0.481 e. The van der Waals surface area contributed by atoms with Crippen LogP contribution >= 0.6 is 11.6 Å². The number of carboxylic acid groups (broad SMARTS) is 1. The Bertz CT molecular complexity index is 414. The van der Waals surface area contributed by atoms with Crippen molar-refractivity contribution >= 4 is 17.6 Å². The summed E-state index contributed by atoms with van der Waals surface area (Å²) in [5, 5.41) is 13.2. The molecule has 0 amide bonds. The van der Waals surface area contributed by atoms with Crippen LogP contribution in [0.1, 0.15) is 31.2 Å². The van der Waals surface area contributed by atoms with E-state index >= 15 is 0 Å². The predicted octanol–water partition coefficient (Wildman–Crippen LogP) is 3.07. The maximum Gasteiger partial charge on any atom is 0.306 e. The van der Waals surface area contributed by atoms with Crippen molar-refractivity contribution in [1.82, 2.24) is 5.32 Å². The van der Waals surface area contributed by atoms with Gasteiger partial charge in [-0.25, -0.2) is 0 Å². The lowest BCUT2D eigenvalue weighted by Crippen LogP contribution is -2.34.